The lowest BCUT2D eigenvalue weighted by Gasteiger charge is -2.34. The molecule has 3 heteroatoms. The van der Waals surface area contributed by atoms with E-state index in [9.17, 15) is 0 Å². The predicted octanol–water partition coefficient (Wildman–Crippen LogP) is 1.50. The molecule has 2 aliphatic rings. The Morgan fingerprint density at radius 1 is 1.20 bits per heavy atom. The molecule has 0 aromatic heterocycles. The van der Waals surface area contributed by atoms with Crippen LogP contribution in [0.3, 0.4) is 0 Å². The third-order valence-corrected chi connectivity index (χ3v) is 3.04. The molecule has 1 fully saturated rings. The van der Waals surface area contributed by atoms with Crippen LogP contribution >= 0.6 is 0 Å². The van der Waals surface area contributed by atoms with Crippen molar-refractivity contribution in [1.29, 1.82) is 0 Å². The van der Waals surface area contributed by atoms with Gasteiger partial charge in [0.2, 0.25) is 0 Å². The van der Waals surface area contributed by atoms with Crippen LogP contribution in [0.5, 0.6) is 0 Å². The largest absolute Gasteiger partial charge is 0.357 e. The third-order valence-electron chi connectivity index (χ3n) is 3.04. The van der Waals surface area contributed by atoms with Gasteiger partial charge in [0.25, 0.3) is 0 Å². The molecule has 15 heavy (non-hydrogen) atoms. The quantitative estimate of drug-likeness (QED) is 0.597. The highest BCUT2D eigenvalue weighted by molar-refractivity contribution is 5.85. The molecule has 0 N–H and O–H groups in total. The van der Waals surface area contributed by atoms with Crippen LogP contribution in [0.1, 0.15) is 13.3 Å². The van der Waals surface area contributed by atoms with E-state index in [0.717, 1.165) is 32.6 Å². The molecule has 0 spiro atoms. The van der Waals surface area contributed by atoms with Gasteiger partial charge in [-0.15, -0.1) is 0 Å². The van der Waals surface area contributed by atoms with E-state index in [1.165, 1.54) is 11.4 Å². The van der Waals surface area contributed by atoms with Crippen molar-refractivity contribution < 1.29 is 0 Å². The van der Waals surface area contributed by atoms with E-state index < -0.39 is 0 Å². The number of amidine groups is 1. The van der Waals surface area contributed by atoms with Crippen molar-refractivity contribution in [2.75, 3.05) is 33.2 Å². The summed E-state index contributed by atoms with van der Waals surface area (Å²) in [4.78, 5) is 9.28. The van der Waals surface area contributed by atoms with Crippen LogP contribution in [0, 0.1) is 0 Å². The minimum atomic E-state index is 0.975. The highest BCUT2D eigenvalue weighted by Crippen LogP contribution is 2.09. The average molecular weight is 205 g/mol. The topological polar surface area (TPSA) is 18.8 Å². The average Bonchev–Trinajstić information content (AvgIpc) is 2.44. The van der Waals surface area contributed by atoms with E-state index in [1.54, 1.807) is 0 Å². The molecule has 0 aromatic rings. The summed E-state index contributed by atoms with van der Waals surface area (Å²) in [6, 6.07) is 0. The van der Waals surface area contributed by atoms with Crippen LogP contribution < -0.4 is 0 Å². The first-order valence-electron chi connectivity index (χ1n) is 5.59. The van der Waals surface area contributed by atoms with Gasteiger partial charge in [0.1, 0.15) is 5.84 Å². The van der Waals surface area contributed by atoms with Crippen LogP contribution in [0.25, 0.3) is 0 Å². The Labute approximate surface area is 91.8 Å². The van der Waals surface area contributed by atoms with Crippen LogP contribution in [0.15, 0.2) is 28.9 Å². The van der Waals surface area contributed by atoms with Gasteiger partial charge in [-0.2, -0.15) is 0 Å². The summed E-state index contributed by atoms with van der Waals surface area (Å²) in [7, 11) is 2.18. The maximum absolute atomic E-state index is 4.51. The molecule has 2 heterocycles. The van der Waals surface area contributed by atoms with E-state index in [2.05, 4.69) is 40.9 Å². The number of nitrogens with zero attached hydrogens (tertiary/aromatic N) is 3. The van der Waals surface area contributed by atoms with Gasteiger partial charge >= 0.3 is 0 Å². The molecule has 0 bridgehead atoms. The Bertz CT molecular complexity index is 304. The first kappa shape index (κ1) is 10.4. The zero-order valence-electron chi connectivity index (χ0n) is 9.61. The number of aliphatic imine (C=N–C) groups is 1. The Balaban J connectivity index is 2.00. The fourth-order valence-electron chi connectivity index (χ4n) is 1.89. The highest BCUT2D eigenvalue weighted by Gasteiger charge is 2.16. The molecule has 0 radical (unpaired) electrons. The van der Waals surface area contributed by atoms with Crippen molar-refractivity contribution in [3.63, 3.8) is 0 Å². The van der Waals surface area contributed by atoms with Gasteiger partial charge in [-0.05, 0) is 20.0 Å². The molecule has 0 unspecified atom stereocenters. The SMILES string of the molecule is CC1=CCC(N2CCN(C)CC2)=NC=C1. The second kappa shape index (κ2) is 4.62. The predicted molar refractivity (Wildman–Crippen MR) is 64.0 cm³/mol. The Kier molecular flexibility index (Phi) is 3.21. The molecule has 0 aromatic carbocycles. The summed E-state index contributed by atoms with van der Waals surface area (Å²) in [6.45, 7) is 6.63. The number of hydrogen-bond acceptors (Lipinski definition) is 3. The zero-order chi connectivity index (χ0) is 10.7. The van der Waals surface area contributed by atoms with Crippen molar-refractivity contribution >= 4 is 5.84 Å². The smallest absolute Gasteiger partial charge is 0.108 e. The van der Waals surface area contributed by atoms with Crippen LogP contribution in [0.4, 0.5) is 0 Å². The fourth-order valence-corrected chi connectivity index (χ4v) is 1.89. The van der Waals surface area contributed by atoms with Crippen LogP contribution in [0.2, 0.25) is 0 Å². The van der Waals surface area contributed by atoms with E-state index in [-0.39, 0.29) is 0 Å². The van der Waals surface area contributed by atoms with Gasteiger partial charge in [0, 0.05) is 38.8 Å². The molecule has 2 aliphatic heterocycles. The number of likely N-dealkylation sites (N-methyl/N-ethyl adjacent to an activating group) is 1. The Morgan fingerprint density at radius 3 is 2.67 bits per heavy atom. The zero-order valence-corrected chi connectivity index (χ0v) is 9.61. The maximum atomic E-state index is 4.51. The number of rotatable bonds is 0. The molecular formula is C12H19N3. The molecule has 82 valence electrons. The number of piperazine rings is 1. The van der Waals surface area contributed by atoms with Gasteiger partial charge in [0.15, 0.2) is 0 Å². The monoisotopic (exact) mass is 205 g/mol. The van der Waals surface area contributed by atoms with E-state index in [0.29, 0.717) is 0 Å². The Morgan fingerprint density at radius 2 is 1.93 bits per heavy atom. The normalized spacial score (nSPS) is 23.5. The minimum absolute atomic E-state index is 0.975. The van der Waals surface area contributed by atoms with E-state index >= 15 is 0 Å². The van der Waals surface area contributed by atoms with Crippen molar-refractivity contribution in [2.45, 2.75) is 13.3 Å². The van der Waals surface area contributed by atoms with E-state index in [4.69, 9.17) is 0 Å². The molecule has 2 rings (SSSR count). The molecule has 1 saturated heterocycles. The lowest BCUT2D eigenvalue weighted by molar-refractivity contribution is 0.214. The standard InChI is InChI=1S/C12H19N3/c1-11-3-4-12(13-6-5-11)15-9-7-14(2)8-10-15/h3,5-6H,4,7-10H2,1-2H3. The van der Waals surface area contributed by atoms with Gasteiger partial charge < -0.3 is 9.80 Å². The van der Waals surface area contributed by atoms with Gasteiger partial charge in [-0.1, -0.05) is 11.6 Å². The first-order chi connectivity index (χ1) is 7.25. The van der Waals surface area contributed by atoms with Gasteiger partial charge in [-0.25, -0.2) is 4.99 Å². The molecule has 0 aliphatic carbocycles. The summed E-state index contributed by atoms with van der Waals surface area (Å²) in [5, 5.41) is 0. The second-order valence-electron chi connectivity index (χ2n) is 4.30. The van der Waals surface area contributed by atoms with Gasteiger partial charge in [-0.3, -0.25) is 0 Å². The van der Waals surface area contributed by atoms with Crippen LogP contribution in [-0.4, -0.2) is 48.9 Å². The summed E-state index contributed by atoms with van der Waals surface area (Å²) in [6.07, 6.45) is 7.22. The van der Waals surface area contributed by atoms with E-state index in [1.807, 2.05) is 6.20 Å². The van der Waals surface area contributed by atoms with Crippen molar-refractivity contribution in [1.82, 2.24) is 9.80 Å². The fraction of sp³-hybridized carbons (Fsp3) is 0.583. The first-order valence-corrected chi connectivity index (χ1v) is 5.59. The lowest BCUT2D eigenvalue weighted by Crippen LogP contribution is -2.47. The van der Waals surface area contributed by atoms with Crippen LogP contribution in [-0.2, 0) is 0 Å². The molecule has 0 saturated carbocycles. The Hall–Kier alpha value is -1.09. The third kappa shape index (κ3) is 2.69. The molecular weight excluding hydrogens is 186 g/mol. The summed E-state index contributed by atoms with van der Waals surface area (Å²) >= 11 is 0. The molecule has 3 nitrogen and oxygen atoms in total. The minimum Gasteiger partial charge on any atom is -0.357 e. The molecule has 0 amide bonds. The summed E-state index contributed by atoms with van der Waals surface area (Å²) < 4.78 is 0. The number of hydrogen-bond donors (Lipinski definition) is 0. The highest BCUT2D eigenvalue weighted by atomic mass is 15.3. The summed E-state index contributed by atoms with van der Waals surface area (Å²) in [5.74, 6) is 1.22. The maximum Gasteiger partial charge on any atom is 0.108 e. The van der Waals surface area contributed by atoms with Gasteiger partial charge in [0.05, 0.1) is 0 Å². The second-order valence-corrected chi connectivity index (χ2v) is 4.30. The van der Waals surface area contributed by atoms with Crippen molar-refractivity contribution in [3.8, 4) is 0 Å². The molecule has 0 atom stereocenters. The van der Waals surface area contributed by atoms with Crippen molar-refractivity contribution in [3.05, 3.63) is 23.9 Å². The number of allylic oxidation sites excluding steroid dienone is 2. The van der Waals surface area contributed by atoms with Crippen molar-refractivity contribution in [2.24, 2.45) is 4.99 Å². The lowest BCUT2D eigenvalue weighted by atomic mass is 10.2. The summed E-state index contributed by atoms with van der Waals surface area (Å²) in [5.41, 5.74) is 1.31.